The molecule has 1 N–H and O–H groups in total. The second-order valence-electron chi connectivity index (χ2n) is 4.41. The number of aliphatic carboxylic acids is 1. The molecule has 0 unspecified atom stereocenters. The minimum Gasteiger partial charge on any atom is -0.480 e. The molecule has 0 radical (unpaired) electrons. The molecule has 3 nitrogen and oxygen atoms in total. The molecular formula is C10H19NO2. The smallest absolute Gasteiger partial charge is 0.324 e. The SMILES string of the molecule is CC1CCC(C(=O)O)(N(C)C)CC1. The van der Waals surface area contributed by atoms with E-state index in [1.165, 1.54) is 0 Å². The highest BCUT2D eigenvalue weighted by molar-refractivity contribution is 5.78. The number of rotatable bonds is 2. The van der Waals surface area contributed by atoms with Crippen LogP contribution in [0.5, 0.6) is 0 Å². The third-order valence-corrected chi connectivity index (χ3v) is 3.36. The molecule has 1 aliphatic carbocycles. The Balaban J connectivity index is 2.75. The van der Waals surface area contributed by atoms with Crippen LogP contribution in [0.25, 0.3) is 0 Å². The van der Waals surface area contributed by atoms with Crippen LogP contribution in [-0.4, -0.2) is 35.6 Å². The summed E-state index contributed by atoms with van der Waals surface area (Å²) in [5.74, 6) is 0.0248. The lowest BCUT2D eigenvalue weighted by atomic mass is 9.76. The monoisotopic (exact) mass is 185 g/mol. The van der Waals surface area contributed by atoms with Crippen molar-refractivity contribution in [3.8, 4) is 0 Å². The summed E-state index contributed by atoms with van der Waals surface area (Å²) < 4.78 is 0. The summed E-state index contributed by atoms with van der Waals surface area (Å²) >= 11 is 0. The van der Waals surface area contributed by atoms with Crippen LogP contribution >= 0.6 is 0 Å². The van der Waals surface area contributed by atoms with E-state index in [1.807, 2.05) is 19.0 Å². The van der Waals surface area contributed by atoms with E-state index >= 15 is 0 Å². The lowest BCUT2D eigenvalue weighted by Crippen LogP contribution is -2.53. The number of hydrogen-bond acceptors (Lipinski definition) is 2. The van der Waals surface area contributed by atoms with Gasteiger partial charge in [0.05, 0.1) is 0 Å². The summed E-state index contributed by atoms with van der Waals surface area (Å²) in [4.78, 5) is 13.0. The van der Waals surface area contributed by atoms with E-state index in [2.05, 4.69) is 6.92 Å². The van der Waals surface area contributed by atoms with Crippen LogP contribution in [0.15, 0.2) is 0 Å². The van der Waals surface area contributed by atoms with E-state index in [9.17, 15) is 9.90 Å². The molecule has 0 spiro atoms. The van der Waals surface area contributed by atoms with Crippen LogP contribution in [0.1, 0.15) is 32.6 Å². The van der Waals surface area contributed by atoms with Crippen molar-refractivity contribution >= 4 is 5.97 Å². The van der Waals surface area contributed by atoms with Gasteiger partial charge in [-0.1, -0.05) is 6.92 Å². The van der Waals surface area contributed by atoms with E-state index < -0.39 is 11.5 Å². The summed E-state index contributed by atoms with van der Waals surface area (Å²) in [5, 5.41) is 9.20. The highest BCUT2D eigenvalue weighted by Crippen LogP contribution is 2.35. The summed E-state index contributed by atoms with van der Waals surface area (Å²) in [6.07, 6.45) is 3.64. The third kappa shape index (κ3) is 1.85. The Morgan fingerprint density at radius 3 is 2.15 bits per heavy atom. The first-order chi connectivity index (χ1) is 5.99. The molecule has 1 aliphatic rings. The summed E-state index contributed by atoms with van der Waals surface area (Å²) in [6.45, 7) is 2.20. The van der Waals surface area contributed by atoms with E-state index in [0.29, 0.717) is 5.92 Å². The molecule has 0 atom stereocenters. The van der Waals surface area contributed by atoms with Crippen LogP contribution in [0.4, 0.5) is 0 Å². The van der Waals surface area contributed by atoms with Crippen molar-refractivity contribution in [1.29, 1.82) is 0 Å². The molecule has 1 saturated carbocycles. The van der Waals surface area contributed by atoms with Crippen LogP contribution in [0.2, 0.25) is 0 Å². The number of carboxylic acid groups (broad SMARTS) is 1. The highest BCUT2D eigenvalue weighted by Gasteiger charge is 2.42. The minimum absolute atomic E-state index is 0.591. The standard InChI is InChI=1S/C10H19NO2/c1-8-4-6-10(7-5-8,9(12)13)11(2)3/h8H,4-7H2,1-3H3,(H,12,13). The van der Waals surface area contributed by atoms with Gasteiger partial charge in [-0.2, -0.15) is 0 Å². The molecule has 0 aromatic heterocycles. The van der Waals surface area contributed by atoms with Crippen LogP contribution in [-0.2, 0) is 4.79 Å². The first kappa shape index (κ1) is 10.5. The normalized spacial score (nSPS) is 34.9. The van der Waals surface area contributed by atoms with Gasteiger partial charge in [0.1, 0.15) is 5.54 Å². The molecule has 0 heterocycles. The van der Waals surface area contributed by atoms with E-state index in [-0.39, 0.29) is 0 Å². The lowest BCUT2D eigenvalue weighted by molar-refractivity contribution is -0.152. The second-order valence-corrected chi connectivity index (χ2v) is 4.41. The van der Waals surface area contributed by atoms with Gasteiger partial charge in [0.15, 0.2) is 0 Å². The molecule has 0 aromatic carbocycles. The fraction of sp³-hybridized carbons (Fsp3) is 0.900. The topological polar surface area (TPSA) is 40.5 Å². The van der Waals surface area contributed by atoms with Crippen molar-refractivity contribution in [3.63, 3.8) is 0 Å². The average molecular weight is 185 g/mol. The van der Waals surface area contributed by atoms with Crippen molar-refractivity contribution in [1.82, 2.24) is 4.90 Å². The Morgan fingerprint density at radius 1 is 1.38 bits per heavy atom. The van der Waals surface area contributed by atoms with Crippen LogP contribution < -0.4 is 0 Å². The van der Waals surface area contributed by atoms with Crippen LogP contribution in [0.3, 0.4) is 0 Å². The Bertz CT molecular complexity index is 193. The van der Waals surface area contributed by atoms with Crippen molar-refractivity contribution in [2.75, 3.05) is 14.1 Å². The molecule has 3 heteroatoms. The van der Waals surface area contributed by atoms with E-state index in [4.69, 9.17) is 0 Å². The zero-order valence-electron chi connectivity index (χ0n) is 8.71. The number of nitrogens with zero attached hydrogens (tertiary/aromatic N) is 1. The Morgan fingerprint density at radius 2 is 1.85 bits per heavy atom. The van der Waals surface area contributed by atoms with Gasteiger partial charge in [-0.05, 0) is 45.7 Å². The molecule has 0 bridgehead atoms. The van der Waals surface area contributed by atoms with Gasteiger partial charge in [0.2, 0.25) is 0 Å². The van der Waals surface area contributed by atoms with Gasteiger partial charge < -0.3 is 5.11 Å². The molecule has 0 saturated heterocycles. The zero-order valence-corrected chi connectivity index (χ0v) is 8.71. The summed E-state index contributed by atoms with van der Waals surface area (Å²) in [6, 6.07) is 0. The first-order valence-corrected chi connectivity index (χ1v) is 4.90. The maximum atomic E-state index is 11.2. The quantitative estimate of drug-likeness (QED) is 0.710. The molecular weight excluding hydrogens is 166 g/mol. The van der Waals surface area contributed by atoms with Crippen molar-refractivity contribution in [3.05, 3.63) is 0 Å². The number of carboxylic acids is 1. The van der Waals surface area contributed by atoms with E-state index in [1.54, 1.807) is 0 Å². The first-order valence-electron chi connectivity index (χ1n) is 4.90. The molecule has 1 rings (SSSR count). The third-order valence-electron chi connectivity index (χ3n) is 3.36. The van der Waals surface area contributed by atoms with Gasteiger partial charge in [-0.3, -0.25) is 9.69 Å². The fourth-order valence-electron chi connectivity index (χ4n) is 2.09. The maximum Gasteiger partial charge on any atom is 0.324 e. The average Bonchev–Trinajstić information content (AvgIpc) is 2.04. The number of hydrogen-bond donors (Lipinski definition) is 1. The Kier molecular flexibility index (Phi) is 2.96. The summed E-state index contributed by atoms with van der Waals surface area (Å²) in [7, 11) is 3.73. The second kappa shape index (κ2) is 3.66. The number of carbonyl (C=O) groups is 1. The zero-order chi connectivity index (χ0) is 10.1. The Hall–Kier alpha value is -0.570. The van der Waals surface area contributed by atoms with Gasteiger partial charge in [-0.25, -0.2) is 0 Å². The minimum atomic E-state index is -0.663. The molecule has 13 heavy (non-hydrogen) atoms. The van der Waals surface area contributed by atoms with Gasteiger partial charge >= 0.3 is 5.97 Å². The van der Waals surface area contributed by atoms with Crippen molar-refractivity contribution < 1.29 is 9.90 Å². The molecule has 0 aromatic rings. The van der Waals surface area contributed by atoms with Crippen molar-refractivity contribution in [2.24, 2.45) is 5.92 Å². The predicted molar refractivity (Wildman–Crippen MR) is 51.7 cm³/mol. The molecule has 0 aliphatic heterocycles. The fourth-order valence-corrected chi connectivity index (χ4v) is 2.09. The lowest BCUT2D eigenvalue weighted by Gasteiger charge is -2.40. The van der Waals surface area contributed by atoms with Gasteiger partial charge in [0.25, 0.3) is 0 Å². The number of likely N-dealkylation sites (N-methyl/N-ethyl adjacent to an activating group) is 1. The van der Waals surface area contributed by atoms with Gasteiger partial charge in [0, 0.05) is 0 Å². The molecule has 0 amide bonds. The predicted octanol–water partition coefficient (Wildman–Crippen LogP) is 1.58. The largest absolute Gasteiger partial charge is 0.480 e. The molecule has 1 fully saturated rings. The van der Waals surface area contributed by atoms with Crippen molar-refractivity contribution in [2.45, 2.75) is 38.1 Å². The summed E-state index contributed by atoms with van der Waals surface area (Å²) in [5.41, 5.74) is -0.591. The Labute approximate surface area is 79.7 Å². The van der Waals surface area contributed by atoms with Gasteiger partial charge in [-0.15, -0.1) is 0 Å². The van der Waals surface area contributed by atoms with E-state index in [0.717, 1.165) is 25.7 Å². The van der Waals surface area contributed by atoms with Crippen LogP contribution in [0, 0.1) is 5.92 Å². The highest BCUT2D eigenvalue weighted by atomic mass is 16.4. The molecule has 76 valence electrons. The maximum absolute atomic E-state index is 11.2.